The highest BCUT2D eigenvalue weighted by Gasteiger charge is 2.32. The molecule has 0 aliphatic heterocycles. The average Bonchev–Trinajstić information content (AvgIpc) is 3.22. The quantitative estimate of drug-likeness (QED) is 0.468. The number of aromatic nitrogens is 4. The summed E-state index contributed by atoms with van der Waals surface area (Å²) in [6.45, 7) is 4.90. The molecule has 0 aliphatic carbocycles. The number of pyridine rings is 1. The summed E-state index contributed by atoms with van der Waals surface area (Å²) in [5.74, 6) is -0.153. The molecular formula is C21H22ClF3N6O2S. The summed E-state index contributed by atoms with van der Waals surface area (Å²) < 4.78 is 58.4. The number of amides is 1. The fourth-order valence-corrected chi connectivity index (χ4v) is 3.75. The topological polar surface area (TPSA) is 102 Å². The van der Waals surface area contributed by atoms with Gasteiger partial charge in [0.1, 0.15) is 11.5 Å². The van der Waals surface area contributed by atoms with Gasteiger partial charge in [-0.05, 0) is 37.3 Å². The molecule has 34 heavy (non-hydrogen) atoms. The Morgan fingerprint density at radius 2 is 1.91 bits per heavy atom. The van der Waals surface area contributed by atoms with Crippen LogP contribution in [-0.4, -0.2) is 41.4 Å². The second kappa shape index (κ2) is 9.71. The zero-order valence-electron chi connectivity index (χ0n) is 18.7. The van der Waals surface area contributed by atoms with Gasteiger partial charge in [0.25, 0.3) is 5.91 Å². The lowest BCUT2D eigenvalue weighted by molar-refractivity contribution is -0.137. The van der Waals surface area contributed by atoms with E-state index in [4.69, 9.17) is 11.6 Å². The van der Waals surface area contributed by atoms with E-state index in [1.54, 1.807) is 39.0 Å². The van der Waals surface area contributed by atoms with Crippen molar-refractivity contribution in [3.05, 3.63) is 64.8 Å². The molecule has 0 aliphatic rings. The molecule has 2 heterocycles. The molecule has 0 saturated heterocycles. The molecule has 0 saturated carbocycles. The van der Waals surface area contributed by atoms with Crippen molar-refractivity contribution in [3.8, 4) is 5.82 Å². The molecule has 1 aromatic carbocycles. The summed E-state index contributed by atoms with van der Waals surface area (Å²) >= 11 is 5.93. The third kappa shape index (κ3) is 5.92. The summed E-state index contributed by atoms with van der Waals surface area (Å²) in [7, 11) is -2.82. The van der Waals surface area contributed by atoms with Crippen LogP contribution < -0.4 is 5.32 Å². The van der Waals surface area contributed by atoms with E-state index < -0.39 is 38.7 Å². The minimum absolute atomic E-state index is 0.194. The van der Waals surface area contributed by atoms with Crippen LogP contribution in [0.5, 0.6) is 0 Å². The molecule has 1 unspecified atom stereocenters. The van der Waals surface area contributed by atoms with E-state index >= 15 is 0 Å². The van der Waals surface area contributed by atoms with Crippen LogP contribution >= 0.6 is 11.6 Å². The highest BCUT2D eigenvalue weighted by atomic mass is 35.5. The molecule has 0 bridgehead atoms. The number of halogens is 4. The Labute approximate surface area is 199 Å². The maximum atomic E-state index is 13.5. The zero-order valence-corrected chi connectivity index (χ0v) is 20.2. The average molecular weight is 515 g/mol. The van der Waals surface area contributed by atoms with Gasteiger partial charge in [-0.15, -0.1) is 0 Å². The lowest BCUT2D eigenvalue weighted by atomic mass is 10.1. The van der Waals surface area contributed by atoms with Gasteiger partial charge in [0.05, 0.1) is 27.0 Å². The van der Waals surface area contributed by atoms with Gasteiger partial charge in [0, 0.05) is 17.1 Å². The summed E-state index contributed by atoms with van der Waals surface area (Å²) in [6, 6.07) is 6.79. The van der Waals surface area contributed by atoms with E-state index in [1.165, 1.54) is 23.3 Å². The Kier molecular flexibility index (Phi) is 7.32. The number of carbonyl (C=O) groups excluding carboxylic acids is 1. The molecule has 0 fully saturated rings. The smallest absolute Gasteiger partial charge is 0.342 e. The Bertz CT molecular complexity index is 1330. The molecule has 3 rings (SSSR count). The molecule has 0 spiro atoms. The first-order valence-electron chi connectivity index (χ1n) is 10.0. The fourth-order valence-electron chi connectivity index (χ4n) is 2.86. The highest BCUT2D eigenvalue weighted by Crippen LogP contribution is 2.33. The molecule has 182 valence electrons. The molecule has 2 atom stereocenters. The van der Waals surface area contributed by atoms with Crippen LogP contribution in [-0.2, 0) is 15.9 Å². The fraction of sp³-hybridized carbons (Fsp3) is 0.333. The van der Waals surface area contributed by atoms with Crippen LogP contribution in [0.1, 0.15) is 48.6 Å². The molecule has 3 aromatic rings. The summed E-state index contributed by atoms with van der Waals surface area (Å²) in [6.07, 6.45) is -2.11. The van der Waals surface area contributed by atoms with Crippen LogP contribution in [0.4, 0.5) is 18.9 Å². The van der Waals surface area contributed by atoms with E-state index in [1.807, 2.05) is 0 Å². The van der Waals surface area contributed by atoms with Crippen molar-refractivity contribution in [2.24, 2.45) is 4.36 Å². The van der Waals surface area contributed by atoms with E-state index in [0.29, 0.717) is 5.82 Å². The van der Waals surface area contributed by atoms with E-state index in [-0.39, 0.29) is 22.2 Å². The number of nitrogens with one attached hydrogen (secondary N) is 1. The molecular weight excluding hydrogens is 493 g/mol. The lowest BCUT2D eigenvalue weighted by Gasteiger charge is -2.16. The maximum Gasteiger partial charge on any atom is 0.416 e. The first kappa shape index (κ1) is 25.6. The minimum atomic E-state index is -4.73. The van der Waals surface area contributed by atoms with Crippen molar-refractivity contribution in [1.82, 2.24) is 25.1 Å². The maximum absolute atomic E-state index is 13.5. The molecule has 1 amide bonds. The molecule has 1 N–H and O–H groups in total. The van der Waals surface area contributed by atoms with Crippen molar-refractivity contribution in [2.45, 2.75) is 38.2 Å². The summed E-state index contributed by atoms with van der Waals surface area (Å²) in [5.41, 5.74) is -1.55. The van der Waals surface area contributed by atoms with Crippen molar-refractivity contribution >= 4 is 32.9 Å². The Morgan fingerprint density at radius 1 is 1.21 bits per heavy atom. The summed E-state index contributed by atoms with van der Waals surface area (Å²) in [4.78, 5) is 21.2. The van der Waals surface area contributed by atoms with Crippen LogP contribution in [0.2, 0.25) is 5.15 Å². The van der Waals surface area contributed by atoms with E-state index in [0.717, 1.165) is 12.1 Å². The Morgan fingerprint density at radius 3 is 2.53 bits per heavy atom. The second-order valence-electron chi connectivity index (χ2n) is 7.81. The second-order valence-corrected chi connectivity index (χ2v) is 11.0. The van der Waals surface area contributed by atoms with Gasteiger partial charge >= 0.3 is 6.18 Å². The van der Waals surface area contributed by atoms with E-state index in [2.05, 4.69) is 24.7 Å². The predicted octanol–water partition coefficient (Wildman–Crippen LogP) is 4.96. The van der Waals surface area contributed by atoms with Crippen molar-refractivity contribution in [2.75, 3.05) is 6.26 Å². The standard InChI is InChI=1S/C21H22ClF3N6O2S/c1-12(2)34(4,33)30-16-9-14(8-15(10-16)21(23,24)25)20(32)28-13(3)19-26-11-27-31(19)18-7-5-6-17(22)29-18/h5-13H,1-4H3,(H,28,32)/t13-,34?/m0/s1. The number of nitrogens with zero attached hydrogens (tertiary/aromatic N) is 5. The van der Waals surface area contributed by atoms with Crippen LogP contribution in [0.25, 0.3) is 5.82 Å². The molecule has 2 aromatic heterocycles. The first-order chi connectivity index (χ1) is 15.8. The number of hydrogen-bond acceptors (Lipinski definition) is 6. The SMILES string of the molecule is CC(C)S(C)(=O)=Nc1cc(C(=O)N[C@@H](C)c2ncnn2-c2cccc(Cl)n2)cc(C(F)(F)F)c1. The monoisotopic (exact) mass is 514 g/mol. The predicted molar refractivity (Wildman–Crippen MR) is 123 cm³/mol. The van der Waals surface area contributed by atoms with Gasteiger partial charge in [0.15, 0.2) is 11.6 Å². The van der Waals surface area contributed by atoms with Crippen molar-refractivity contribution < 1.29 is 22.2 Å². The van der Waals surface area contributed by atoms with Gasteiger partial charge in [-0.25, -0.2) is 14.2 Å². The Balaban J connectivity index is 1.96. The highest BCUT2D eigenvalue weighted by molar-refractivity contribution is 7.93. The summed E-state index contributed by atoms with van der Waals surface area (Å²) in [5, 5.41) is 6.52. The van der Waals surface area contributed by atoms with Crippen LogP contribution in [0, 0.1) is 0 Å². The van der Waals surface area contributed by atoms with Crippen LogP contribution in [0.3, 0.4) is 0 Å². The number of alkyl halides is 3. The number of benzene rings is 1. The number of hydrogen-bond donors (Lipinski definition) is 1. The van der Waals surface area contributed by atoms with Gasteiger partial charge in [-0.3, -0.25) is 4.79 Å². The van der Waals surface area contributed by atoms with E-state index in [9.17, 15) is 22.2 Å². The third-order valence-electron chi connectivity index (χ3n) is 4.90. The molecule has 0 radical (unpaired) electrons. The van der Waals surface area contributed by atoms with Crippen LogP contribution in [0.15, 0.2) is 47.1 Å². The Hall–Kier alpha value is -2.99. The first-order valence-corrected chi connectivity index (χ1v) is 12.4. The van der Waals surface area contributed by atoms with Crippen molar-refractivity contribution in [3.63, 3.8) is 0 Å². The third-order valence-corrected chi connectivity index (χ3v) is 7.43. The normalized spacial score (nSPS) is 14.5. The zero-order chi connectivity index (χ0) is 25.3. The minimum Gasteiger partial charge on any atom is -0.342 e. The molecule has 8 nitrogen and oxygen atoms in total. The van der Waals surface area contributed by atoms with Gasteiger partial charge < -0.3 is 5.32 Å². The lowest BCUT2D eigenvalue weighted by Crippen LogP contribution is -2.29. The van der Waals surface area contributed by atoms with Gasteiger partial charge in [0.2, 0.25) is 0 Å². The van der Waals surface area contributed by atoms with Crippen molar-refractivity contribution in [1.29, 1.82) is 0 Å². The van der Waals surface area contributed by atoms with Gasteiger partial charge in [-0.1, -0.05) is 31.5 Å². The largest absolute Gasteiger partial charge is 0.416 e. The number of carbonyl (C=O) groups is 1. The molecule has 13 heteroatoms. The van der Waals surface area contributed by atoms with Gasteiger partial charge in [-0.2, -0.15) is 27.3 Å². The number of rotatable bonds is 6.